The average molecular weight is 220 g/mol. The molecule has 0 saturated carbocycles. The summed E-state index contributed by atoms with van der Waals surface area (Å²) in [6, 6.07) is -0.0197. The van der Waals surface area contributed by atoms with Gasteiger partial charge >= 0.3 is 0 Å². The van der Waals surface area contributed by atoms with E-state index in [1.54, 1.807) is 0 Å². The second-order valence-corrected chi connectivity index (χ2v) is 7.10. The van der Waals surface area contributed by atoms with E-state index >= 15 is 0 Å². The Bertz CT molecular complexity index is 292. The van der Waals surface area contributed by atoms with E-state index in [0.717, 1.165) is 0 Å². The van der Waals surface area contributed by atoms with Crippen molar-refractivity contribution in [3.8, 4) is 0 Å². The largest absolute Gasteiger partial charge is 0.329 e. The minimum atomic E-state index is -2.86. The summed E-state index contributed by atoms with van der Waals surface area (Å²) in [6.07, 6.45) is 0. The van der Waals surface area contributed by atoms with Crippen LogP contribution in [0.4, 0.5) is 0 Å². The molecule has 0 amide bonds. The van der Waals surface area contributed by atoms with Crippen LogP contribution in [0, 0.1) is 0 Å². The SMILES string of the molecule is CC(C)(C)N1CCS(=O)(=O)CC1CN. The Hall–Kier alpha value is -0.130. The fourth-order valence-electron chi connectivity index (χ4n) is 1.96. The number of sulfone groups is 1. The van der Waals surface area contributed by atoms with Gasteiger partial charge in [-0.2, -0.15) is 0 Å². The maximum absolute atomic E-state index is 11.4. The van der Waals surface area contributed by atoms with Crippen molar-refractivity contribution in [3.05, 3.63) is 0 Å². The van der Waals surface area contributed by atoms with Gasteiger partial charge in [0.05, 0.1) is 11.5 Å². The first-order valence-corrected chi connectivity index (χ1v) is 6.75. The monoisotopic (exact) mass is 220 g/mol. The smallest absolute Gasteiger partial charge is 0.153 e. The molecule has 0 aromatic rings. The van der Waals surface area contributed by atoms with Gasteiger partial charge < -0.3 is 5.73 Å². The quantitative estimate of drug-likeness (QED) is 0.667. The maximum atomic E-state index is 11.4. The number of rotatable bonds is 1. The van der Waals surface area contributed by atoms with Crippen LogP contribution >= 0.6 is 0 Å². The molecule has 2 N–H and O–H groups in total. The van der Waals surface area contributed by atoms with Crippen molar-refractivity contribution in [2.75, 3.05) is 24.6 Å². The Morgan fingerprint density at radius 3 is 2.43 bits per heavy atom. The minimum absolute atomic E-state index is 0.0000231. The fraction of sp³-hybridized carbons (Fsp3) is 1.00. The molecule has 0 aromatic carbocycles. The summed E-state index contributed by atoms with van der Waals surface area (Å²) in [4.78, 5) is 2.19. The van der Waals surface area contributed by atoms with Gasteiger partial charge in [-0.15, -0.1) is 0 Å². The van der Waals surface area contributed by atoms with Crippen LogP contribution in [0.15, 0.2) is 0 Å². The molecule has 1 heterocycles. The zero-order chi connectivity index (χ0) is 11.0. The number of nitrogens with zero attached hydrogens (tertiary/aromatic N) is 1. The van der Waals surface area contributed by atoms with Crippen LogP contribution in [0.2, 0.25) is 0 Å². The van der Waals surface area contributed by atoms with E-state index < -0.39 is 9.84 Å². The van der Waals surface area contributed by atoms with Gasteiger partial charge in [-0.1, -0.05) is 0 Å². The van der Waals surface area contributed by atoms with Gasteiger partial charge in [-0.05, 0) is 20.8 Å². The number of hydrogen-bond acceptors (Lipinski definition) is 4. The first-order chi connectivity index (χ1) is 6.26. The molecular weight excluding hydrogens is 200 g/mol. The molecule has 1 aliphatic rings. The second kappa shape index (κ2) is 3.79. The first-order valence-electron chi connectivity index (χ1n) is 4.93. The maximum Gasteiger partial charge on any atom is 0.153 e. The number of nitrogens with two attached hydrogens (primary N) is 1. The Labute approximate surface area is 86.4 Å². The molecule has 0 aromatic heterocycles. The molecule has 1 fully saturated rings. The normalized spacial score (nSPS) is 29.0. The van der Waals surface area contributed by atoms with Crippen molar-refractivity contribution in [2.24, 2.45) is 5.73 Å². The molecule has 4 nitrogen and oxygen atoms in total. The van der Waals surface area contributed by atoms with E-state index in [9.17, 15) is 8.42 Å². The zero-order valence-corrected chi connectivity index (χ0v) is 9.97. The van der Waals surface area contributed by atoms with Crippen molar-refractivity contribution in [1.82, 2.24) is 4.90 Å². The van der Waals surface area contributed by atoms with Crippen LogP contribution in [0.5, 0.6) is 0 Å². The predicted molar refractivity (Wildman–Crippen MR) is 58.0 cm³/mol. The minimum Gasteiger partial charge on any atom is -0.329 e. The Balaban J connectivity index is 2.82. The summed E-state index contributed by atoms with van der Waals surface area (Å²) < 4.78 is 22.8. The molecule has 1 atom stereocenters. The molecule has 5 heteroatoms. The zero-order valence-electron chi connectivity index (χ0n) is 9.16. The third-order valence-electron chi connectivity index (χ3n) is 2.66. The average Bonchev–Trinajstić information content (AvgIpc) is 2.00. The summed E-state index contributed by atoms with van der Waals surface area (Å²) in [5.74, 6) is 0.474. The van der Waals surface area contributed by atoms with E-state index in [2.05, 4.69) is 25.7 Å². The van der Waals surface area contributed by atoms with Crippen LogP contribution in [-0.2, 0) is 9.84 Å². The molecule has 0 spiro atoms. The lowest BCUT2D eigenvalue weighted by Crippen LogP contribution is -2.58. The van der Waals surface area contributed by atoms with Crippen LogP contribution < -0.4 is 5.73 Å². The van der Waals surface area contributed by atoms with Gasteiger partial charge in [-0.25, -0.2) is 8.42 Å². The summed E-state index contributed by atoms with van der Waals surface area (Å²) in [6.45, 7) is 7.29. The van der Waals surface area contributed by atoms with Gasteiger partial charge in [0.2, 0.25) is 0 Å². The Morgan fingerprint density at radius 2 is 2.00 bits per heavy atom. The molecule has 0 bridgehead atoms. The Kier molecular flexibility index (Phi) is 3.23. The lowest BCUT2D eigenvalue weighted by Gasteiger charge is -2.43. The van der Waals surface area contributed by atoms with Crippen LogP contribution in [0.1, 0.15) is 20.8 Å². The predicted octanol–water partition coefficient (Wildman–Crippen LogP) is -0.157. The summed E-state index contributed by atoms with van der Waals surface area (Å²) >= 11 is 0. The van der Waals surface area contributed by atoms with E-state index in [0.29, 0.717) is 13.1 Å². The van der Waals surface area contributed by atoms with Crippen LogP contribution in [0.3, 0.4) is 0 Å². The molecule has 1 unspecified atom stereocenters. The van der Waals surface area contributed by atoms with Crippen molar-refractivity contribution < 1.29 is 8.42 Å². The third-order valence-corrected chi connectivity index (χ3v) is 4.36. The summed E-state index contributed by atoms with van der Waals surface area (Å²) in [7, 11) is -2.86. The fourth-order valence-corrected chi connectivity index (χ4v) is 3.51. The van der Waals surface area contributed by atoms with Gasteiger partial charge in [0, 0.05) is 24.7 Å². The molecule has 0 radical (unpaired) electrons. The van der Waals surface area contributed by atoms with Crippen molar-refractivity contribution in [3.63, 3.8) is 0 Å². The summed E-state index contributed by atoms with van der Waals surface area (Å²) in [5.41, 5.74) is 5.61. The third kappa shape index (κ3) is 2.68. The van der Waals surface area contributed by atoms with Gasteiger partial charge in [0.1, 0.15) is 0 Å². The van der Waals surface area contributed by atoms with Crippen LogP contribution in [-0.4, -0.2) is 49.5 Å². The van der Waals surface area contributed by atoms with E-state index in [1.807, 2.05) is 0 Å². The molecule has 0 aliphatic carbocycles. The van der Waals surface area contributed by atoms with E-state index in [4.69, 9.17) is 5.73 Å². The molecule has 1 rings (SSSR count). The van der Waals surface area contributed by atoms with Gasteiger partial charge in [0.15, 0.2) is 9.84 Å². The highest BCUT2D eigenvalue weighted by atomic mass is 32.2. The molecule has 1 aliphatic heterocycles. The van der Waals surface area contributed by atoms with Gasteiger partial charge in [-0.3, -0.25) is 4.90 Å². The first kappa shape index (κ1) is 11.9. The highest BCUT2D eigenvalue weighted by molar-refractivity contribution is 7.91. The van der Waals surface area contributed by atoms with Crippen molar-refractivity contribution in [2.45, 2.75) is 32.4 Å². The lowest BCUT2D eigenvalue weighted by atomic mass is 10.0. The molecule has 84 valence electrons. The van der Waals surface area contributed by atoms with Crippen molar-refractivity contribution in [1.29, 1.82) is 0 Å². The summed E-state index contributed by atoms with van der Waals surface area (Å²) in [5, 5.41) is 0. The number of hydrogen-bond donors (Lipinski definition) is 1. The Morgan fingerprint density at radius 1 is 1.43 bits per heavy atom. The second-order valence-electron chi connectivity index (χ2n) is 4.87. The van der Waals surface area contributed by atoms with Crippen molar-refractivity contribution >= 4 is 9.84 Å². The van der Waals surface area contributed by atoms with Crippen LogP contribution in [0.25, 0.3) is 0 Å². The standard InChI is InChI=1S/C9H20N2O2S/c1-9(2,3)11-4-5-14(12,13)7-8(11)6-10/h8H,4-7,10H2,1-3H3. The lowest BCUT2D eigenvalue weighted by molar-refractivity contribution is 0.0981. The molecule has 1 saturated heterocycles. The van der Waals surface area contributed by atoms with E-state index in [-0.39, 0.29) is 23.1 Å². The molecular formula is C9H20N2O2S. The topological polar surface area (TPSA) is 63.4 Å². The van der Waals surface area contributed by atoms with Gasteiger partial charge in [0.25, 0.3) is 0 Å². The highest BCUT2D eigenvalue weighted by Gasteiger charge is 2.35. The van der Waals surface area contributed by atoms with E-state index in [1.165, 1.54) is 0 Å². The highest BCUT2D eigenvalue weighted by Crippen LogP contribution is 2.21. The molecule has 14 heavy (non-hydrogen) atoms.